The number of rotatable bonds is 7. The predicted molar refractivity (Wildman–Crippen MR) is 298 cm³/mol. The number of hydrogen-bond donors (Lipinski definition) is 0. The summed E-state index contributed by atoms with van der Waals surface area (Å²) in [6.07, 6.45) is 16.3. The smallest absolute Gasteiger partial charge is 0.0979 e. The number of aromatic nitrogens is 2. The molecule has 0 bridgehead atoms. The molecule has 1 aromatic heterocycles. The van der Waals surface area contributed by atoms with Crippen molar-refractivity contribution in [3.8, 4) is 78.0 Å². The van der Waals surface area contributed by atoms with E-state index in [1.165, 1.54) is 113 Å². The average Bonchev–Trinajstić information content (AvgIpc) is 3.74. The molecule has 11 aromatic rings. The lowest BCUT2D eigenvalue weighted by molar-refractivity contribution is 0.344. The van der Waals surface area contributed by atoms with Crippen LogP contribution < -0.4 is 0 Å². The molecule has 2 atom stereocenters. The summed E-state index contributed by atoms with van der Waals surface area (Å²) in [4.78, 5) is 10.3. The highest BCUT2D eigenvalue weighted by Gasteiger charge is 2.41. The number of fused-ring (bicyclic) bond motifs is 12. The van der Waals surface area contributed by atoms with Crippen LogP contribution in [-0.2, 0) is 0 Å². The summed E-state index contributed by atoms with van der Waals surface area (Å²) < 4.78 is 0. The van der Waals surface area contributed by atoms with E-state index in [0.717, 1.165) is 39.5 Å². The van der Waals surface area contributed by atoms with E-state index in [4.69, 9.17) is 9.97 Å². The van der Waals surface area contributed by atoms with Gasteiger partial charge in [0.05, 0.1) is 22.9 Å². The largest absolute Gasteiger partial charge is 0.252 e. The van der Waals surface area contributed by atoms with Gasteiger partial charge in [-0.3, -0.25) is 4.98 Å². The lowest BCUT2D eigenvalue weighted by atomic mass is 9.59. The lowest BCUT2D eigenvalue weighted by Crippen LogP contribution is -2.27. The molecule has 2 heteroatoms. The molecule has 334 valence electrons. The maximum atomic E-state index is 5.29. The van der Waals surface area contributed by atoms with Crippen LogP contribution in [0.1, 0.15) is 47.8 Å². The summed E-state index contributed by atoms with van der Waals surface area (Å²) in [5.74, 6) is 0.971. The minimum absolute atomic E-state index is 0.468. The quantitative estimate of drug-likeness (QED) is 0.149. The van der Waals surface area contributed by atoms with E-state index in [1.807, 2.05) is 6.20 Å². The summed E-state index contributed by atoms with van der Waals surface area (Å²) >= 11 is 0. The van der Waals surface area contributed by atoms with E-state index < -0.39 is 0 Å². The molecular formula is C69H48N2. The SMILES string of the molecule is C1=CCC=C(c2cccc(-c3ccc4c(c3)-c3cc(-c5cccc(-c6ccccc6)c5)cc(-c5cccc(-c6ccc(-c7cnc8c9ccccc9c9ccccc9c8n7)cc6)c5)c3C3CCC43)c2)C=C1. The zero-order chi connectivity index (χ0) is 46.8. The topological polar surface area (TPSA) is 25.8 Å². The van der Waals surface area contributed by atoms with Gasteiger partial charge in [-0.2, -0.15) is 0 Å². The molecule has 0 radical (unpaired) electrons. The third-order valence-electron chi connectivity index (χ3n) is 15.5. The lowest BCUT2D eigenvalue weighted by Gasteiger charge is -2.45. The van der Waals surface area contributed by atoms with Crippen LogP contribution in [0.3, 0.4) is 0 Å². The molecule has 2 unspecified atom stereocenters. The highest BCUT2D eigenvalue weighted by Crippen LogP contribution is 2.60. The zero-order valence-corrected chi connectivity index (χ0v) is 39.3. The van der Waals surface area contributed by atoms with E-state index in [-0.39, 0.29) is 0 Å². The molecule has 1 heterocycles. The molecule has 14 rings (SSSR count). The van der Waals surface area contributed by atoms with Gasteiger partial charge in [0.1, 0.15) is 0 Å². The van der Waals surface area contributed by atoms with Gasteiger partial charge in [0.15, 0.2) is 0 Å². The van der Waals surface area contributed by atoms with Crippen LogP contribution in [0.4, 0.5) is 0 Å². The molecular weight excluding hydrogens is 857 g/mol. The van der Waals surface area contributed by atoms with Crippen LogP contribution in [-0.4, -0.2) is 9.97 Å². The second-order valence-corrected chi connectivity index (χ2v) is 19.5. The minimum atomic E-state index is 0.468. The predicted octanol–water partition coefficient (Wildman–Crippen LogP) is 18.5. The zero-order valence-electron chi connectivity index (χ0n) is 39.3. The number of hydrogen-bond acceptors (Lipinski definition) is 2. The summed E-state index contributed by atoms with van der Waals surface area (Å²) in [6, 6.07) is 76.5. The summed E-state index contributed by atoms with van der Waals surface area (Å²) in [5.41, 5.74) is 24.4. The van der Waals surface area contributed by atoms with Gasteiger partial charge in [0.25, 0.3) is 0 Å². The van der Waals surface area contributed by atoms with Gasteiger partial charge in [0, 0.05) is 16.3 Å². The number of benzene rings is 10. The normalized spacial score (nSPS) is 15.7. The molecule has 3 aliphatic rings. The van der Waals surface area contributed by atoms with Crippen molar-refractivity contribution < 1.29 is 0 Å². The van der Waals surface area contributed by atoms with E-state index in [1.54, 1.807) is 0 Å². The maximum Gasteiger partial charge on any atom is 0.0979 e. The number of nitrogens with zero attached hydrogens (tertiary/aromatic N) is 2. The molecule has 10 aromatic carbocycles. The van der Waals surface area contributed by atoms with Gasteiger partial charge in [-0.1, -0.05) is 200 Å². The van der Waals surface area contributed by atoms with Crippen molar-refractivity contribution in [1.29, 1.82) is 0 Å². The highest BCUT2D eigenvalue weighted by atomic mass is 14.8. The Hall–Kier alpha value is -8.72. The molecule has 2 nitrogen and oxygen atoms in total. The highest BCUT2D eigenvalue weighted by molar-refractivity contribution is 6.23. The van der Waals surface area contributed by atoms with Crippen LogP contribution in [0.5, 0.6) is 0 Å². The van der Waals surface area contributed by atoms with Gasteiger partial charge in [0.2, 0.25) is 0 Å². The molecule has 71 heavy (non-hydrogen) atoms. The van der Waals surface area contributed by atoms with Gasteiger partial charge in [-0.15, -0.1) is 0 Å². The Labute approximate surface area is 414 Å². The van der Waals surface area contributed by atoms with Gasteiger partial charge >= 0.3 is 0 Å². The molecule has 3 aliphatic carbocycles. The van der Waals surface area contributed by atoms with Crippen molar-refractivity contribution in [1.82, 2.24) is 9.97 Å². The van der Waals surface area contributed by atoms with Crippen molar-refractivity contribution >= 4 is 38.2 Å². The van der Waals surface area contributed by atoms with Crippen molar-refractivity contribution in [3.05, 3.63) is 260 Å². The summed E-state index contributed by atoms with van der Waals surface area (Å²) in [7, 11) is 0. The fourth-order valence-electron chi connectivity index (χ4n) is 11.8. The van der Waals surface area contributed by atoms with Crippen LogP contribution in [0.15, 0.2) is 243 Å². The Morgan fingerprint density at radius 1 is 0.366 bits per heavy atom. The first kappa shape index (κ1) is 41.3. The van der Waals surface area contributed by atoms with Crippen molar-refractivity contribution in [2.45, 2.75) is 31.1 Å². The average molecular weight is 905 g/mol. The van der Waals surface area contributed by atoms with Crippen LogP contribution in [0.25, 0.3) is 116 Å². The fourth-order valence-corrected chi connectivity index (χ4v) is 11.8. The first-order chi connectivity index (χ1) is 35.2. The van der Waals surface area contributed by atoms with Crippen molar-refractivity contribution in [2.24, 2.45) is 0 Å². The number of allylic oxidation sites excluding steroid dienone is 6. The Morgan fingerprint density at radius 2 is 0.901 bits per heavy atom. The molecule has 0 aliphatic heterocycles. The summed E-state index contributed by atoms with van der Waals surface area (Å²) in [6.45, 7) is 0. The molecule has 0 saturated heterocycles. The van der Waals surface area contributed by atoms with Crippen LogP contribution >= 0.6 is 0 Å². The Morgan fingerprint density at radius 3 is 1.65 bits per heavy atom. The van der Waals surface area contributed by atoms with E-state index in [9.17, 15) is 0 Å². The monoisotopic (exact) mass is 904 g/mol. The Balaban J connectivity index is 0.883. The van der Waals surface area contributed by atoms with Gasteiger partial charge in [-0.05, 0) is 167 Å². The first-order valence-electron chi connectivity index (χ1n) is 25.1. The van der Waals surface area contributed by atoms with Gasteiger partial charge < -0.3 is 0 Å². The molecule has 1 fully saturated rings. The molecule has 0 spiro atoms. The van der Waals surface area contributed by atoms with Gasteiger partial charge in [-0.25, -0.2) is 4.98 Å². The van der Waals surface area contributed by atoms with Crippen molar-refractivity contribution in [3.63, 3.8) is 0 Å². The van der Waals surface area contributed by atoms with Crippen LogP contribution in [0, 0.1) is 0 Å². The van der Waals surface area contributed by atoms with Crippen LogP contribution in [0.2, 0.25) is 0 Å². The third kappa shape index (κ3) is 7.17. The Kier molecular flexibility index (Phi) is 9.91. The maximum absolute atomic E-state index is 5.29. The van der Waals surface area contributed by atoms with E-state index in [0.29, 0.717) is 11.8 Å². The fraction of sp³-hybridized carbons (Fsp3) is 0.0725. The van der Waals surface area contributed by atoms with E-state index in [2.05, 4.69) is 237 Å². The van der Waals surface area contributed by atoms with Crippen molar-refractivity contribution in [2.75, 3.05) is 0 Å². The second-order valence-electron chi connectivity index (χ2n) is 19.5. The molecule has 0 amide bonds. The second kappa shape index (κ2) is 17.1. The molecule has 1 saturated carbocycles. The van der Waals surface area contributed by atoms with E-state index >= 15 is 0 Å². The Bertz CT molecular complexity index is 3990. The minimum Gasteiger partial charge on any atom is -0.252 e. The first-order valence-corrected chi connectivity index (χ1v) is 25.1. The molecule has 0 N–H and O–H groups in total. The third-order valence-corrected chi connectivity index (χ3v) is 15.5. The summed E-state index contributed by atoms with van der Waals surface area (Å²) in [5, 5.41) is 4.66. The standard InChI is InChI=1S/C69H48N2/c1-2-5-16-44(15-4-1)48-19-12-22-51(37-48)53-33-34-59-58-35-36-60(58)67-63(41-55(42-65(67)64(59)40-53)52-23-13-20-49(38-52)45-17-6-3-7-18-45)54-24-14-21-50(39-54)46-29-31-47(32-30-46)66-43-70-68-61-27-10-8-25-56(61)57-26-9-11-28-62(57)69(68)71-66/h1-4,6-34,37-43,58,60H,5,35-36H2.